The summed E-state index contributed by atoms with van der Waals surface area (Å²) in [6.07, 6.45) is 0.516. The Morgan fingerprint density at radius 3 is 2.47 bits per heavy atom. The third-order valence-electron chi connectivity index (χ3n) is 9.13. The lowest BCUT2D eigenvalue weighted by Crippen LogP contribution is -2.30. The molecule has 2 heterocycles. The van der Waals surface area contributed by atoms with Gasteiger partial charge in [-0.15, -0.1) is 0 Å². The molecule has 3 fully saturated rings. The van der Waals surface area contributed by atoms with Crippen LogP contribution in [0.25, 0.3) is 5.65 Å². The Bertz CT molecular complexity index is 1560. The van der Waals surface area contributed by atoms with Gasteiger partial charge in [0.15, 0.2) is 5.65 Å². The number of alkyl halides is 5. The van der Waals surface area contributed by atoms with Gasteiger partial charge in [0.25, 0.3) is 0 Å². The molecule has 3 saturated carbocycles. The second kappa shape index (κ2) is 12.2. The fourth-order valence-electron chi connectivity index (χ4n) is 6.35. The average molecular weight is 634 g/mol. The Hall–Kier alpha value is -3.77. The summed E-state index contributed by atoms with van der Waals surface area (Å²) in [6.45, 7) is 0.470. The van der Waals surface area contributed by atoms with Crippen molar-refractivity contribution in [1.29, 1.82) is 0 Å². The maximum absolute atomic E-state index is 14.3. The van der Waals surface area contributed by atoms with Gasteiger partial charge in [0.2, 0.25) is 17.7 Å². The number of nitrogens with zero attached hydrogens (tertiary/aromatic N) is 3. The first-order valence-corrected chi connectivity index (χ1v) is 15.5. The highest BCUT2D eigenvalue weighted by Crippen LogP contribution is 2.48. The molecule has 2 atom stereocenters. The van der Waals surface area contributed by atoms with Crippen molar-refractivity contribution in [3.63, 3.8) is 0 Å². The largest absolute Gasteiger partial charge is 0.493 e. The van der Waals surface area contributed by atoms with E-state index in [1.807, 2.05) is 0 Å². The van der Waals surface area contributed by atoms with Crippen LogP contribution in [0, 0.1) is 17.8 Å². The van der Waals surface area contributed by atoms with E-state index in [1.54, 1.807) is 36.7 Å². The first kappa shape index (κ1) is 31.2. The number of carbonyl (C=O) groups is 2. The molecule has 3 N–H and O–H groups in total. The van der Waals surface area contributed by atoms with Crippen molar-refractivity contribution in [2.75, 3.05) is 6.61 Å². The predicted octanol–water partition coefficient (Wildman–Crippen LogP) is 6.48. The lowest BCUT2D eigenvalue weighted by atomic mass is 9.73. The monoisotopic (exact) mass is 633 g/mol. The summed E-state index contributed by atoms with van der Waals surface area (Å²) in [4.78, 5) is 30.0. The second-order valence-corrected chi connectivity index (χ2v) is 12.8. The zero-order valence-corrected chi connectivity index (χ0v) is 24.7. The van der Waals surface area contributed by atoms with Crippen LogP contribution in [0.15, 0.2) is 36.7 Å². The van der Waals surface area contributed by atoms with E-state index in [1.165, 1.54) is 4.52 Å². The summed E-state index contributed by atoms with van der Waals surface area (Å²) in [6, 6.07) is 6.29. The summed E-state index contributed by atoms with van der Waals surface area (Å²) >= 11 is 0. The van der Waals surface area contributed by atoms with E-state index in [2.05, 4.69) is 10.4 Å². The standard InChI is InChI=1S/C32H36F5N5O3/c33-31(34)11-8-19(9-12-31)27(28-22(30(38)44)2-1-3-24(28)45-17-18-4-5-18)23-16-42-25(40-23)14-21(15-39-42)29(20-6-7-20)41-26(43)10-13-32(35,36)37/h1-3,14-16,18-20,27,29H,4-13,17H2,(H2,38,44)(H,41,43)/t27-,29-/m1/s1. The Labute approximate surface area is 256 Å². The molecule has 45 heavy (non-hydrogen) atoms. The molecule has 0 bridgehead atoms. The van der Waals surface area contributed by atoms with Gasteiger partial charge in [0.05, 0.1) is 37.2 Å². The molecular formula is C32H36F5N5O3. The number of aromatic nitrogens is 3. The second-order valence-electron chi connectivity index (χ2n) is 12.8. The zero-order chi connectivity index (χ0) is 31.9. The van der Waals surface area contributed by atoms with Crippen molar-refractivity contribution in [3.8, 4) is 5.75 Å². The Morgan fingerprint density at radius 2 is 1.82 bits per heavy atom. The van der Waals surface area contributed by atoms with E-state index in [0.717, 1.165) is 25.7 Å². The predicted molar refractivity (Wildman–Crippen MR) is 154 cm³/mol. The number of hydrogen-bond acceptors (Lipinski definition) is 5. The van der Waals surface area contributed by atoms with Crippen molar-refractivity contribution in [1.82, 2.24) is 19.9 Å². The highest BCUT2D eigenvalue weighted by atomic mass is 19.4. The zero-order valence-electron chi connectivity index (χ0n) is 24.7. The lowest BCUT2D eigenvalue weighted by Gasteiger charge is -2.34. The first-order chi connectivity index (χ1) is 21.4. The number of benzene rings is 1. The van der Waals surface area contributed by atoms with E-state index in [9.17, 15) is 31.5 Å². The molecular weight excluding hydrogens is 597 g/mol. The Morgan fingerprint density at radius 1 is 1.09 bits per heavy atom. The molecule has 1 aromatic carbocycles. The van der Waals surface area contributed by atoms with Gasteiger partial charge >= 0.3 is 6.18 Å². The normalized spacial score (nSPS) is 20.1. The maximum atomic E-state index is 14.3. The summed E-state index contributed by atoms with van der Waals surface area (Å²) in [7, 11) is 0. The van der Waals surface area contributed by atoms with E-state index in [-0.39, 0.29) is 43.1 Å². The number of ether oxygens (including phenoxy) is 1. The van der Waals surface area contributed by atoms with Crippen LogP contribution >= 0.6 is 0 Å². The summed E-state index contributed by atoms with van der Waals surface area (Å²) in [5, 5.41) is 7.25. The van der Waals surface area contributed by atoms with Crippen LogP contribution in [-0.2, 0) is 4.79 Å². The van der Waals surface area contributed by atoms with Crippen molar-refractivity contribution in [2.24, 2.45) is 23.5 Å². The van der Waals surface area contributed by atoms with Gasteiger partial charge in [-0.2, -0.15) is 18.3 Å². The SMILES string of the molecule is NC(=O)c1cccc(OCC2CC2)c1[C@@H](c1cn2ncc([C@H](NC(=O)CCC(F)(F)F)C3CC3)cc2n1)C1CCC(F)(F)CC1. The van der Waals surface area contributed by atoms with Crippen molar-refractivity contribution in [3.05, 3.63) is 59.0 Å². The minimum atomic E-state index is -4.43. The van der Waals surface area contributed by atoms with Crippen LogP contribution in [0.1, 0.15) is 103 Å². The Balaban J connectivity index is 1.36. The topological polar surface area (TPSA) is 112 Å². The van der Waals surface area contributed by atoms with Crippen LogP contribution in [0.2, 0.25) is 0 Å². The van der Waals surface area contributed by atoms with Crippen LogP contribution in [0.5, 0.6) is 5.75 Å². The smallest absolute Gasteiger partial charge is 0.389 e. The minimum absolute atomic E-state index is 0.0730. The fourth-order valence-corrected chi connectivity index (χ4v) is 6.35. The van der Waals surface area contributed by atoms with Crippen molar-refractivity contribution in [2.45, 2.75) is 88.3 Å². The molecule has 3 aromatic rings. The number of nitrogens with one attached hydrogen (secondary N) is 1. The molecule has 6 rings (SSSR count). The number of halogens is 5. The molecule has 0 spiro atoms. The maximum Gasteiger partial charge on any atom is 0.389 e. The molecule has 0 unspecified atom stereocenters. The van der Waals surface area contributed by atoms with Crippen molar-refractivity contribution >= 4 is 17.5 Å². The van der Waals surface area contributed by atoms with E-state index < -0.39 is 48.7 Å². The number of hydrogen-bond donors (Lipinski definition) is 2. The van der Waals surface area contributed by atoms with Gasteiger partial charge < -0.3 is 15.8 Å². The number of primary amides is 1. The minimum Gasteiger partial charge on any atom is -0.493 e. The Kier molecular flexibility index (Phi) is 8.47. The highest BCUT2D eigenvalue weighted by Gasteiger charge is 2.42. The summed E-state index contributed by atoms with van der Waals surface area (Å²) in [5.41, 5.74) is 8.15. The van der Waals surface area contributed by atoms with E-state index in [4.69, 9.17) is 15.5 Å². The molecule has 0 saturated heterocycles. The molecule has 3 aliphatic rings. The lowest BCUT2D eigenvalue weighted by molar-refractivity contribution is -0.144. The number of nitrogens with two attached hydrogens (primary N) is 1. The van der Waals surface area contributed by atoms with Crippen molar-refractivity contribution < 1.29 is 36.3 Å². The number of rotatable bonds is 12. The molecule has 3 aliphatic carbocycles. The quantitative estimate of drug-likeness (QED) is 0.222. The van der Waals surface area contributed by atoms with Crippen LogP contribution in [-0.4, -0.2) is 45.1 Å². The molecule has 0 radical (unpaired) electrons. The van der Waals surface area contributed by atoms with Gasteiger partial charge in [-0.05, 0) is 80.0 Å². The first-order valence-electron chi connectivity index (χ1n) is 15.5. The summed E-state index contributed by atoms with van der Waals surface area (Å²) < 4.78 is 74.4. The highest BCUT2D eigenvalue weighted by molar-refractivity contribution is 5.95. The van der Waals surface area contributed by atoms with Gasteiger partial charge in [0, 0.05) is 36.3 Å². The summed E-state index contributed by atoms with van der Waals surface area (Å²) in [5.74, 6) is -4.03. The van der Waals surface area contributed by atoms with E-state index in [0.29, 0.717) is 40.7 Å². The number of carbonyl (C=O) groups excluding carboxylic acids is 2. The van der Waals surface area contributed by atoms with Gasteiger partial charge in [-0.3, -0.25) is 9.59 Å². The molecule has 0 aliphatic heterocycles. The number of amides is 2. The van der Waals surface area contributed by atoms with Gasteiger partial charge in [-0.25, -0.2) is 18.3 Å². The van der Waals surface area contributed by atoms with Crippen LogP contribution in [0.3, 0.4) is 0 Å². The van der Waals surface area contributed by atoms with Crippen LogP contribution in [0.4, 0.5) is 22.0 Å². The third kappa shape index (κ3) is 7.55. The molecule has 13 heteroatoms. The number of imidazole rings is 1. The van der Waals surface area contributed by atoms with Gasteiger partial charge in [0.1, 0.15) is 5.75 Å². The number of fused-ring (bicyclic) bond motifs is 1. The molecule has 8 nitrogen and oxygen atoms in total. The van der Waals surface area contributed by atoms with Crippen LogP contribution < -0.4 is 15.8 Å². The average Bonchev–Trinajstić information content (AvgIpc) is 3.92. The third-order valence-corrected chi connectivity index (χ3v) is 9.13. The van der Waals surface area contributed by atoms with E-state index >= 15 is 0 Å². The molecule has 2 amide bonds. The molecule has 242 valence electrons. The van der Waals surface area contributed by atoms with Gasteiger partial charge in [-0.1, -0.05) is 6.07 Å². The molecule has 2 aromatic heterocycles. The fraction of sp³-hybridized carbons (Fsp3) is 0.562.